The molecule has 8 nitrogen and oxygen atoms in total. The van der Waals surface area contributed by atoms with Crippen LogP contribution in [0.4, 0.5) is 5.82 Å². The zero-order valence-corrected chi connectivity index (χ0v) is 14.1. The Morgan fingerprint density at radius 2 is 1.92 bits per heavy atom. The summed E-state index contributed by atoms with van der Waals surface area (Å²) < 4.78 is 3.62. The molecule has 3 aromatic rings. The third-order valence-corrected chi connectivity index (χ3v) is 4.84. The third kappa shape index (κ3) is 2.78. The Morgan fingerprint density at radius 3 is 2.64 bits per heavy atom. The topological polar surface area (TPSA) is 82.0 Å². The average molecular weight is 340 g/mol. The molecule has 0 N–H and O–H groups in total. The lowest BCUT2D eigenvalue weighted by atomic mass is 10.3. The van der Waals surface area contributed by atoms with Crippen LogP contribution in [0.15, 0.2) is 30.5 Å². The minimum absolute atomic E-state index is 0.0341. The first-order chi connectivity index (χ1) is 12.1. The van der Waals surface area contributed by atoms with Gasteiger partial charge >= 0.3 is 5.82 Å². The average Bonchev–Trinajstić information content (AvgIpc) is 3.30. The van der Waals surface area contributed by atoms with Gasteiger partial charge in [0.2, 0.25) is 5.82 Å². The number of hydrogen-bond donors (Lipinski definition) is 0. The van der Waals surface area contributed by atoms with E-state index in [1.165, 1.54) is 23.6 Å². The van der Waals surface area contributed by atoms with Crippen molar-refractivity contribution in [1.82, 2.24) is 24.0 Å². The van der Waals surface area contributed by atoms with Gasteiger partial charge in [0.05, 0.1) is 18.1 Å². The van der Waals surface area contributed by atoms with Crippen molar-refractivity contribution in [3.05, 3.63) is 40.6 Å². The molecule has 130 valence electrons. The predicted octanol–water partition coefficient (Wildman–Crippen LogP) is 2.44. The first kappa shape index (κ1) is 15.8. The summed E-state index contributed by atoms with van der Waals surface area (Å²) in [6, 6.07) is 7.93. The smallest absolute Gasteiger partial charge is 0.343 e. The standard InChI is InChI=1S/C17H20N6O2/c1-20-15(23(24)25)12-18-16(20)17-19-13-6-2-3-7-14(13)22(17)11-10-21-8-4-5-9-21/h2-3,6-7,12H,4-5,8-11H2,1H3. The van der Waals surface area contributed by atoms with Gasteiger partial charge in [0.15, 0.2) is 0 Å². The maximum absolute atomic E-state index is 11.1. The number of likely N-dealkylation sites (tertiary alicyclic amines) is 1. The van der Waals surface area contributed by atoms with Gasteiger partial charge in [-0.2, -0.15) is 0 Å². The lowest BCUT2D eigenvalue weighted by molar-refractivity contribution is -0.391. The highest BCUT2D eigenvalue weighted by molar-refractivity contribution is 5.79. The quantitative estimate of drug-likeness (QED) is 0.526. The van der Waals surface area contributed by atoms with Crippen LogP contribution in [0.3, 0.4) is 0 Å². The number of benzene rings is 1. The van der Waals surface area contributed by atoms with Crippen LogP contribution in [0.5, 0.6) is 0 Å². The van der Waals surface area contributed by atoms with Crippen molar-refractivity contribution in [3.8, 4) is 11.6 Å². The van der Waals surface area contributed by atoms with Crippen LogP contribution in [0.1, 0.15) is 12.8 Å². The van der Waals surface area contributed by atoms with Crippen molar-refractivity contribution in [2.45, 2.75) is 19.4 Å². The summed E-state index contributed by atoms with van der Waals surface area (Å²) in [7, 11) is 1.66. The largest absolute Gasteiger partial charge is 0.358 e. The van der Waals surface area contributed by atoms with E-state index in [-0.39, 0.29) is 5.82 Å². The van der Waals surface area contributed by atoms with E-state index in [1.54, 1.807) is 7.05 Å². The number of fused-ring (bicyclic) bond motifs is 1. The number of aromatic nitrogens is 4. The van der Waals surface area contributed by atoms with Gasteiger partial charge in [-0.05, 0) is 43.0 Å². The van der Waals surface area contributed by atoms with Gasteiger partial charge in [-0.25, -0.2) is 14.5 Å². The van der Waals surface area contributed by atoms with Gasteiger partial charge in [-0.1, -0.05) is 12.1 Å². The molecule has 1 aromatic carbocycles. The summed E-state index contributed by atoms with van der Waals surface area (Å²) >= 11 is 0. The number of nitrogens with zero attached hydrogens (tertiary/aromatic N) is 6. The van der Waals surface area contributed by atoms with Gasteiger partial charge in [0.25, 0.3) is 5.82 Å². The Kier molecular flexibility index (Phi) is 3.96. The van der Waals surface area contributed by atoms with E-state index in [1.807, 2.05) is 24.3 Å². The fraction of sp³-hybridized carbons (Fsp3) is 0.412. The second-order valence-electron chi connectivity index (χ2n) is 6.38. The second-order valence-corrected chi connectivity index (χ2v) is 6.38. The van der Waals surface area contributed by atoms with Crippen molar-refractivity contribution < 1.29 is 4.92 Å². The molecule has 1 fully saturated rings. The molecule has 1 aliphatic rings. The molecule has 4 rings (SSSR count). The summed E-state index contributed by atoms with van der Waals surface area (Å²) in [5.74, 6) is 1.16. The highest BCUT2D eigenvalue weighted by atomic mass is 16.6. The van der Waals surface area contributed by atoms with Crippen LogP contribution in [-0.4, -0.2) is 48.6 Å². The van der Waals surface area contributed by atoms with E-state index >= 15 is 0 Å². The molecule has 0 amide bonds. The number of rotatable bonds is 5. The zero-order chi connectivity index (χ0) is 17.4. The molecule has 0 saturated carbocycles. The zero-order valence-electron chi connectivity index (χ0n) is 14.1. The Balaban J connectivity index is 1.77. The van der Waals surface area contributed by atoms with Crippen LogP contribution in [0, 0.1) is 10.1 Å². The van der Waals surface area contributed by atoms with Crippen LogP contribution < -0.4 is 0 Å². The van der Waals surface area contributed by atoms with E-state index in [4.69, 9.17) is 4.98 Å². The van der Waals surface area contributed by atoms with Crippen molar-refractivity contribution in [2.75, 3.05) is 19.6 Å². The van der Waals surface area contributed by atoms with E-state index in [0.717, 1.165) is 37.2 Å². The molecule has 0 bridgehead atoms. The number of para-hydroxylation sites is 2. The molecule has 25 heavy (non-hydrogen) atoms. The van der Waals surface area contributed by atoms with E-state index < -0.39 is 4.92 Å². The number of hydrogen-bond acceptors (Lipinski definition) is 5. The molecule has 0 unspecified atom stereocenters. The predicted molar refractivity (Wildman–Crippen MR) is 94.3 cm³/mol. The summed E-state index contributed by atoms with van der Waals surface area (Å²) in [5.41, 5.74) is 1.91. The first-order valence-corrected chi connectivity index (χ1v) is 8.49. The molecule has 8 heteroatoms. The van der Waals surface area contributed by atoms with Crippen molar-refractivity contribution in [2.24, 2.45) is 7.05 Å². The number of nitro groups is 1. The van der Waals surface area contributed by atoms with E-state index in [9.17, 15) is 10.1 Å². The highest BCUT2D eigenvalue weighted by Crippen LogP contribution is 2.26. The molecule has 0 spiro atoms. The Labute approximate surface area is 144 Å². The Hall–Kier alpha value is -2.74. The molecular weight excluding hydrogens is 320 g/mol. The van der Waals surface area contributed by atoms with Crippen LogP contribution in [0.2, 0.25) is 0 Å². The van der Waals surface area contributed by atoms with Crippen molar-refractivity contribution >= 4 is 16.9 Å². The van der Waals surface area contributed by atoms with Gasteiger partial charge in [0.1, 0.15) is 6.20 Å². The normalized spacial score (nSPS) is 15.2. The Bertz CT molecular complexity index is 923. The first-order valence-electron chi connectivity index (χ1n) is 8.49. The molecule has 1 aliphatic heterocycles. The maximum Gasteiger partial charge on any atom is 0.343 e. The maximum atomic E-state index is 11.1. The fourth-order valence-electron chi connectivity index (χ4n) is 3.50. The lowest BCUT2D eigenvalue weighted by Crippen LogP contribution is -2.24. The molecular formula is C17H20N6O2. The molecule has 0 aliphatic carbocycles. The fourth-order valence-corrected chi connectivity index (χ4v) is 3.50. The molecule has 1 saturated heterocycles. The molecule has 2 aromatic heterocycles. The highest BCUT2D eigenvalue weighted by Gasteiger charge is 2.24. The van der Waals surface area contributed by atoms with E-state index in [0.29, 0.717) is 11.6 Å². The summed E-state index contributed by atoms with van der Waals surface area (Å²) in [6.45, 7) is 4.00. The minimum Gasteiger partial charge on any atom is -0.358 e. The van der Waals surface area contributed by atoms with Gasteiger partial charge in [-0.3, -0.25) is 0 Å². The van der Waals surface area contributed by atoms with Gasteiger partial charge < -0.3 is 19.6 Å². The van der Waals surface area contributed by atoms with Crippen LogP contribution in [-0.2, 0) is 13.6 Å². The minimum atomic E-state index is -0.423. The molecule has 0 radical (unpaired) electrons. The number of imidazole rings is 2. The Morgan fingerprint density at radius 1 is 1.16 bits per heavy atom. The summed E-state index contributed by atoms with van der Waals surface area (Å²) in [4.78, 5) is 22.1. The SMILES string of the molecule is Cn1c([N+](=O)[O-])cnc1-c1nc2ccccc2n1CCN1CCCC1. The molecule has 0 atom stereocenters. The van der Waals surface area contributed by atoms with E-state index in [2.05, 4.69) is 14.5 Å². The van der Waals surface area contributed by atoms with Gasteiger partial charge in [0, 0.05) is 13.1 Å². The monoisotopic (exact) mass is 340 g/mol. The van der Waals surface area contributed by atoms with Crippen LogP contribution >= 0.6 is 0 Å². The lowest BCUT2D eigenvalue weighted by Gasteiger charge is -2.16. The summed E-state index contributed by atoms with van der Waals surface area (Å²) in [5, 5.41) is 11.1. The van der Waals surface area contributed by atoms with Gasteiger partial charge in [-0.15, -0.1) is 0 Å². The second kappa shape index (κ2) is 6.29. The van der Waals surface area contributed by atoms with Crippen LogP contribution in [0.25, 0.3) is 22.7 Å². The molecule has 3 heterocycles. The summed E-state index contributed by atoms with van der Waals surface area (Å²) in [6.07, 6.45) is 3.80. The van der Waals surface area contributed by atoms with Crippen molar-refractivity contribution in [1.29, 1.82) is 0 Å². The van der Waals surface area contributed by atoms with Crippen molar-refractivity contribution in [3.63, 3.8) is 0 Å². The third-order valence-electron chi connectivity index (χ3n) is 4.84.